The Morgan fingerprint density at radius 1 is 1.16 bits per heavy atom. The van der Waals surface area contributed by atoms with Crippen LogP contribution in [0.4, 0.5) is 5.69 Å². The third-order valence-corrected chi connectivity index (χ3v) is 5.46. The molecule has 1 saturated heterocycles. The highest BCUT2D eigenvalue weighted by atomic mass is 16.6. The Morgan fingerprint density at radius 3 is 2.36 bits per heavy atom. The van der Waals surface area contributed by atoms with Crippen LogP contribution in [0.2, 0.25) is 0 Å². The molecule has 25 heavy (non-hydrogen) atoms. The number of hydrogen-bond donors (Lipinski definition) is 0. The summed E-state index contributed by atoms with van der Waals surface area (Å²) < 4.78 is 9.89. The summed E-state index contributed by atoms with van der Waals surface area (Å²) in [4.78, 5) is 38.2. The predicted molar refractivity (Wildman–Crippen MR) is 88.9 cm³/mol. The highest BCUT2D eigenvalue weighted by Gasteiger charge is 2.59. The van der Waals surface area contributed by atoms with E-state index in [0.29, 0.717) is 11.4 Å². The first-order chi connectivity index (χ1) is 12.0. The molecule has 1 heterocycles. The van der Waals surface area contributed by atoms with E-state index in [1.54, 1.807) is 18.2 Å². The van der Waals surface area contributed by atoms with Crippen molar-refractivity contribution in [2.45, 2.75) is 13.3 Å². The molecule has 1 aliphatic heterocycles. The van der Waals surface area contributed by atoms with E-state index in [2.05, 4.69) is 16.9 Å². The van der Waals surface area contributed by atoms with E-state index in [1.165, 1.54) is 12.0 Å². The van der Waals surface area contributed by atoms with Gasteiger partial charge in [-0.1, -0.05) is 12.2 Å². The minimum atomic E-state index is -0.470. The van der Waals surface area contributed by atoms with Crippen molar-refractivity contribution in [2.75, 3.05) is 18.6 Å². The van der Waals surface area contributed by atoms with E-state index in [9.17, 15) is 14.4 Å². The molecule has 0 N–H and O–H groups in total. The lowest BCUT2D eigenvalue weighted by Gasteiger charge is -2.20. The third kappa shape index (κ3) is 2.35. The molecule has 130 valence electrons. The Hall–Kier alpha value is -2.63. The zero-order valence-corrected chi connectivity index (χ0v) is 14.1. The number of anilines is 1. The smallest absolute Gasteiger partial charge is 0.343 e. The fourth-order valence-electron chi connectivity index (χ4n) is 4.31. The number of rotatable bonds is 4. The van der Waals surface area contributed by atoms with Crippen LogP contribution in [0, 0.1) is 30.6 Å². The van der Waals surface area contributed by atoms with Crippen molar-refractivity contribution in [3.8, 4) is 5.75 Å². The number of amides is 2. The quantitative estimate of drug-likeness (QED) is 0.475. The average Bonchev–Trinajstić information content (AvgIpc) is 3.28. The Balaban J connectivity index is 1.57. The van der Waals surface area contributed by atoms with E-state index in [4.69, 9.17) is 4.74 Å². The highest BCUT2D eigenvalue weighted by molar-refractivity contribution is 6.23. The number of carbonyl (C=O) groups is 3. The largest absolute Gasteiger partial charge is 0.482 e. The van der Waals surface area contributed by atoms with Gasteiger partial charge in [-0.2, -0.15) is 0 Å². The number of carbonyl (C=O) groups excluding carboxylic acids is 3. The summed E-state index contributed by atoms with van der Waals surface area (Å²) in [5, 5.41) is 0. The van der Waals surface area contributed by atoms with Crippen molar-refractivity contribution >= 4 is 23.5 Å². The summed E-state index contributed by atoms with van der Waals surface area (Å²) in [6.07, 6.45) is 5.08. The summed E-state index contributed by atoms with van der Waals surface area (Å²) in [7, 11) is 1.30. The van der Waals surface area contributed by atoms with Gasteiger partial charge in [0.25, 0.3) is 0 Å². The van der Waals surface area contributed by atoms with Crippen LogP contribution in [0.1, 0.15) is 12.0 Å². The normalized spacial score (nSPS) is 29.3. The van der Waals surface area contributed by atoms with E-state index in [0.717, 1.165) is 12.0 Å². The molecule has 0 radical (unpaired) electrons. The van der Waals surface area contributed by atoms with E-state index in [-0.39, 0.29) is 42.1 Å². The van der Waals surface area contributed by atoms with E-state index >= 15 is 0 Å². The van der Waals surface area contributed by atoms with Crippen LogP contribution in [0.25, 0.3) is 0 Å². The molecule has 6 heteroatoms. The van der Waals surface area contributed by atoms with Crippen molar-refractivity contribution in [3.63, 3.8) is 0 Å². The molecular weight excluding hydrogens is 322 g/mol. The lowest BCUT2D eigenvalue weighted by Crippen LogP contribution is -2.33. The van der Waals surface area contributed by atoms with Gasteiger partial charge < -0.3 is 9.47 Å². The van der Waals surface area contributed by atoms with Gasteiger partial charge in [0.2, 0.25) is 11.8 Å². The lowest BCUT2D eigenvalue weighted by molar-refractivity contribution is -0.143. The topological polar surface area (TPSA) is 72.9 Å². The monoisotopic (exact) mass is 341 g/mol. The second-order valence-electron chi connectivity index (χ2n) is 6.82. The predicted octanol–water partition coefficient (Wildman–Crippen LogP) is 1.86. The molecule has 2 fully saturated rings. The molecule has 2 aliphatic carbocycles. The number of fused-ring (bicyclic) bond motifs is 5. The van der Waals surface area contributed by atoms with Gasteiger partial charge >= 0.3 is 5.97 Å². The van der Waals surface area contributed by atoms with E-state index in [1.807, 2.05) is 6.92 Å². The number of methoxy groups -OCH3 is 1. The molecule has 4 atom stereocenters. The summed E-state index contributed by atoms with van der Waals surface area (Å²) in [5.41, 5.74) is 1.35. The summed E-state index contributed by atoms with van der Waals surface area (Å²) in [5.74, 6) is -0.209. The van der Waals surface area contributed by atoms with E-state index < -0.39 is 5.97 Å². The summed E-state index contributed by atoms with van der Waals surface area (Å²) >= 11 is 0. The van der Waals surface area contributed by atoms with Crippen molar-refractivity contribution in [3.05, 3.63) is 35.9 Å². The standard InChI is InChI=1S/C19H19NO5/c1-10-7-13(25-9-15(21)24-2)5-6-14(10)20-18(22)16-11-3-4-12(8-11)17(16)19(20)23/h3-7,11-12,16-17H,8-9H2,1-2H3/t11-,12-,16-,17+/m0/s1. The van der Waals surface area contributed by atoms with Crippen LogP contribution < -0.4 is 9.64 Å². The average molecular weight is 341 g/mol. The molecule has 0 aromatic heterocycles. The summed E-state index contributed by atoms with van der Waals surface area (Å²) in [6.45, 7) is 1.64. The second kappa shape index (κ2) is 5.72. The number of imide groups is 1. The van der Waals surface area contributed by atoms with Crippen molar-refractivity contribution in [1.82, 2.24) is 0 Å². The molecule has 2 amide bonds. The van der Waals surface area contributed by atoms with Crippen LogP contribution in [0.5, 0.6) is 5.75 Å². The molecule has 4 rings (SSSR count). The van der Waals surface area contributed by atoms with Gasteiger partial charge in [-0.15, -0.1) is 0 Å². The van der Waals surface area contributed by atoms with Crippen LogP contribution in [0.3, 0.4) is 0 Å². The molecule has 2 bridgehead atoms. The first-order valence-corrected chi connectivity index (χ1v) is 8.37. The first-order valence-electron chi connectivity index (χ1n) is 8.37. The maximum Gasteiger partial charge on any atom is 0.343 e. The summed E-state index contributed by atoms with van der Waals surface area (Å²) in [6, 6.07) is 5.08. The molecule has 1 saturated carbocycles. The van der Waals surface area contributed by atoms with Crippen LogP contribution >= 0.6 is 0 Å². The molecule has 3 aliphatic rings. The maximum atomic E-state index is 12.9. The van der Waals surface area contributed by atoms with Crippen molar-refractivity contribution in [2.24, 2.45) is 23.7 Å². The SMILES string of the molecule is COC(=O)COc1ccc(N2C(=O)[C@@H]3[C@H](C2=O)[C@H]2C=C[C@H]3C2)c(C)c1. The van der Waals surface area contributed by atoms with Gasteiger partial charge in [-0.05, 0) is 48.9 Å². The minimum Gasteiger partial charge on any atom is -0.482 e. The number of benzene rings is 1. The van der Waals surface area contributed by atoms with Gasteiger partial charge in [0.1, 0.15) is 5.75 Å². The van der Waals surface area contributed by atoms with Crippen LogP contribution in [-0.4, -0.2) is 31.5 Å². The van der Waals surface area contributed by atoms with Crippen molar-refractivity contribution in [1.29, 1.82) is 0 Å². The number of nitrogens with zero attached hydrogens (tertiary/aromatic N) is 1. The Morgan fingerprint density at radius 2 is 1.80 bits per heavy atom. The third-order valence-electron chi connectivity index (χ3n) is 5.46. The van der Waals surface area contributed by atoms with Gasteiger partial charge in [-0.25, -0.2) is 9.69 Å². The molecule has 6 nitrogen and oxygen atoms in total. The number of ether oxygens (including phenoxy) is 2. The number of esters is 1. The Bertz CT molecular complexity index is 769. The van der Waals surface area contributed by atoms with Gasteiger partial charge in [-0.3, -0.25) is 9.59 Å². The van der Waals surface area contributed by atoms with Crippen LogP contribution in [0.15, 0.2) is 30.4 Å². The Kier molecular flexibility index (Phi) is 3.63. The molecule has 0 unspecified atom stereocenters. The zero-order chi connectivity index (χ0) is 17.7. The maximum absolute atomic E-state index is 12.9. The first kappa shape index (κ1) is 15.9. The molecule has 1 aromatic rings. The minimum absolute atomic E-state index is 0.0989. The molecule has 1 aromatic carbocycles. The van der Waals surface area contributed by atoms with Crippen LogP contribution in [-0.2, 0) is 19.1 Å². The number of aryl methyl sites for hydroxylation is 1. The fourth-order valence-corrected chi connectivity index (χ4v) is 4.31. The highest BCUT2D eigenvalue weighted by Crippen LogP contribution is 2.53. The fraction of sp³-hybridized carbons (Fsp3) is 0.421. The van der Waals surface area contributed by atoms with Gasteiger partial charge in [0, 0.05) is 0 Å². The van der Waals surface area contributed by atoms with Crippen molar-refractivity contribution < 1.29 is 23.9 Å². The Labute approximate surface area is 145 Å². The van der Waals surface area contributed by atoms with Gasteiger partial charge in [0.05, 0.1) is 24.6 Å². The van der Waals surface area contributed by atoms with Gasteiger partial charge in [0.15, 0.2) is 6.61 Å². The molecular formula is C19H19NO5. The number of allylic oxidation sites excluding steroid dienone is 2. The molecule has 0 spiro atoms. The lowest BCUT2D eigenvalue weighted by atomic mass is 9.85. The zero-order valence-electron chi connectivity index (χ0n) is 14.1. The second-order valence-corrected chi connectivity index (χ2v) is 6.82. The number of hydrogen-bond acceptors (Lipinski definition) is 5.